The van der Waals surface area contributed by atoms with Gasteiger partial charge in [-0.05, 0) is 50.5 Å². The molecule has 6 heteroatoms. The second-order valence-electron chi connectivity index (χ2n) is 5.37. The van der Waals surface area contributed by atoms with E-state index in [1.54, 1.807) is 6.20 Å². The van der Waals surface area contributed by atoms with E-state index >= 15 is 0 Å². The lowest BCUT2D eigenvalue weighted by atomic mass is 9.91. The summed E-state index contributed by atoms with van der Waals surface area (Å²) in [6.07, 6.45) is 7.43. The maximum absolute atomic E-state index is 11.9. The molecule has 1 aliphatic rings. The summed E-state index contributed by atoms with van der Waals surface area (Å²) in [6.45, 7) is 2.26. The van der Waals surface area contributed by atoms with E-state index in [2.05, 4.69) is 32.4 Å². The van der Waals surface area contributed by atoms with Gasteiger partial charge >= 0.3 is 0 Å². The third-order valence-corrected chi connectivity index (χ3v) is 3.90. The maximum Gasteiger partial charge on any atom is 0.259 e. The van der Waals surface area contributed by atoms with Crippen LogP contribution in [-0.4, -0.2) is 46.1 Å². The number of amides is 1. The third kappa shape index (κ3) is 2.75. The third-order valence-electron chi connectivity index (χ3n) is 3.90. The Morgan fingerprint density at radius 2 is 2.20 bits per heavy atom. The maximum atomic E-state index is 11.9. The number of rotatable bonds is 3. The molecule has 0 aromatic carbocycles. The van der Waals surface area contributed by atoms with E-state index < -0.39 is 0 Å². The molecule has 2 aromatic heterocycles. The number of aromatic amines is 2. The summed E-state index contributed by atoms with van der Waals surface area (Å²) in [7, 11) is 2.16. The number of nitrogens with zero attached hydrogens (tertiary/aromatic N) is 2. The van der Waals surface area contributed by atoms with Crippen molar-refractivity contribution in [1.82, 2.24) is 20.1 Å². The van der Waals surface area contributed by atoms with Gasteiger partial charge in [0.2, 0.25) is 0 Å². The number of anilines is 1. The van der Waals surface area contributed by atoms with Crippen LogP contribution in [0.25, 0.3) is 0 Å². The zero-order valence-corrected chi connectivity index (χ0v) is 11.5. The molecule has 0 radical (unpaired) electrons. The van der Waals surface area contributed by atoms with Gasteiger partial charge < -0.3 is 15.2 Å². The predicted octanol–water partition coefficient (Wildman–Crippen LogP) is 1.80. The first-order valence-electron chi connectivity index (χ1n) is 6.89. The highest BCUT2D eigenvalue weighted by molar-refractivity contribution is 6.03. The summed E-state index contributed by atoms with van der Waals surface area (Å²) in [5.41, 5.74) is 1.81. The van der Waals surface area contributed by atoms with Crippen molar-refractivity contribution in [3.05, 3.63) is 35.8 Å². The van der Waals surface area contributed by atoms with Crippen LogP contribution in [0.1, 0.15) is 34.7 Å². The van der Waals surface area contributed by atoms with Crippen LogP contribution in [-0.2, 0) is 0 Å². The molecule has 106 valence electrons. The highest BCUT2D eigenvalue weighted by Gasteiger charge is 2.19. The molecule has 2 aromatic rings. The van der Waals surface area contributed by atoms with Gasteiger partial charge in [-0.2, -0.15) is 5.10 Å². The Balaban J connectivity index is 1.63. The van der Waals surface area contributed by atoms with Crippen molar-refractivity contribution in [3.63, 3.8) is 0 Å². The van der Waals surface area contributed by atoms with Gasteiger partial charge in [-0.15, -0.1) is 0 Å². The lowest BCUT2D eigenvalue weighted by Gasteiger charge is -2.28. The summed E-state index contributed by atoms with van der Waals surface area (Å²) in [5, 5.41) is 9.25. The first-order valence-corrected chi connectivity index (χ1v) is 6.89. The van der Waals surface area contributed by atoms with Gasteiger partial charge in [0.1, 0.15) is 5.82 Å². The Bertz CT molecular complexity index is 566. The molecular weight excluding hydrogens is 254 g/mol. The van der Waals surface area contributed by atoms with Crippen molar-refractivity contribution in [2.45, 2.75) is 18.8 Å². The van der Waals surface area contributed by atoms with E-state index in [0.29, 0.717) is 11.5 Å². The van der Waals surface area contributed by atoms with Crippen LogP contribution < -0.4 is 5.32 Å². The molecule has 1 amide bonds. The molecule has 1 aliphatic heterocycles. The molecule has 6 nitrogen and oxygen atoms in total. The summed E-state index contributed by atoms with van der Waals surface area (Å²) in [4.78, 5) is 17.4. The number of hydrogen-bond donors (Lipinski definition) is 3. The van der Waals surface area contributed by atoms with E-state index in [9.17, 15) is 4.79 Å². The second kappa shape index (κ2) is 5.50. The number of hydrogen-bond acceptors (Lipinski definition) is 3. The highest BCUT2D eigenvalue weighted by Crippen LogP contribution is 2.28. The van der Waals surface area contributed by atoms with Crippen LogP contribution in [0.4, 0.5) is 5.82 Å². The number of aromatic nitrogens is 3. The molecule has 0 spiro atoms. The topological polar surface area (TPSA) is 76.8 Å². The molecule has 3 heterocycles. The van der Waals surface area contributed by atoms with E-state index in [0.717, 1.165) is 18.9 Å². The van der Waals surface area contributed by atoms with Gasteiger partial charge in [0.25, 0.3) is 5.91 Å². The van der Waals surface area contributed by atoms with Crippen molar-refractivity contribution in [2.75, 3.05) is 25.5 Å². The average Bonchev–Trinajstić information content (AvgIpc) is 3.10. The monoisotopic (exact) mass is 273 g/mol. The summed E-state index contributed by atoms with van der Waals surface area (Å²) in [6, 6.07) is 2.04. The number of likely N-dealkylation sites (tertiary alicyclic amines) is 1. The predicted molar refractivity (Wildman–Crippen MR) is 76.8 cm³/mol. The average molecular weight is 273 g/mol. The number of carbonyl (C=O) groups is 1. The van der Waals surface area contributed by atoms with Gasteiger partial charge in [0.05, 0.1) is 11.8 Å². The van der Waals surface area contributed by atoms with Crippen LogP contribution in [0, 0.1) is 0 Å². The van der Waals surface area contributed by atoms with Crippen LogP contribution in [0.5, 0.6) is 0 Å². The Labute approximate surface area is 117 Å². The number of nitrogens with one attached hydrogen (secondary N) is 3. The van der Waals surface area contributed by atoms with Crippen molar-refractivity contribution in [2.24, 2.45) is 0 Å². The summed E-state index contributed by atoms with van der Waals surface area (Å²) >= 11 is 0. The van der Waals surface area contributed by atoms with Gasteiger partial charge in [-0.25, -0.2) is 0 Å². The molecule has 0 bridgehead atoms. The fraction of sp³-hybridized carbons (Fsp3) is 0.429. The Morgan fingerprint density at radius 1 is 1.40 bits per heavy atom. The zero-order valence-electron chi connectivity index (χ0n) is 11.5. The Morgan fingerprint density at radius 3 is 2.90 bits per heavy atom. The number of carbonyl (C=O) groups excluding carboxylic acids is 1. The molecule has 20 heavy (non-hydrogen) atoms. The molecular formula is C14H19N5O. The van der Waals surface area contributed by atoms with Crippen molar-refractivity contribution >= 4 is 11.7 Å². The van der Waals surface area contributed by atoms with Crippen molar-refractivity contribution in [1.29, 1.82) is 0 Å². The van der Waals surface area contributed by atoms with Crippen molar-refractivity contribution in [3.8, 4) is 0 Å². The van der Waals surface area contributed by atoms with E-state index in [1.165, 1.54) is 24.6 Å². The van der Waals surface area contributed by atoms with E-state index in [4.69, 9.17) is 0 Å². The van der Waals surface area contributed by atoms with Gasteiger partial charge in [0.15, 0.2) is 0 Å². The van der Waals surface area contributed by atoms with Crippen molar-refractivity contribution < 1.29 is 4.79 Å². The molecule has 1 saturated heterocycles. The molecule has 0 unspecified atom stereocenters. The first kappa shape index (κ1) is 12.9. The van der Waals surface area contributed by atoms with Crippen LogP contribution >= 0.6 is 0 Å². The zero-order chi connectivity index (χ0) is 13.9. The van der Waals surface area contributed by atoms with Crippen LogP contribution in [0.2, 0.25) is 0 Å². The lowest BCUT2D eigenvalue weighted by Crippen LogP contribution is -2.29. The largest absolute Gasteiger partial charge is 0.348 e. The number of piperidine rings is 1. The number of H-pyrrole nitrogens is 2. The summed E-state index contributed by atoms with van der Waals surface area (Å²) in [5.74, 6) is 1.17. The normalized spacial score (nSPS) is 17.2. The highest BCUT2D eigenvalue weighted by atomic mass is 16.1. The van der Waals surface area contributed by atoms with Crippen LogP contribution in [0.15, 0.2) is 24.7 Å². The molecule has 0 aliphatic carbocycles. The fourth-order valence-electron chi connectivity index (χ4n) is 2.63. The van der Waals surface area contributed by atoms with Gasteiger partial charge in [-0.1, -0.05) is 0 Å². The van der Waals surface area contributed by atoms with Gasteiger partial charge in [-0.3, -0.25) is 9.89 Å². The quantitative estimate of drug-likeness (QED) is 0.798. The SMILES string of the molecule is CN1CCC(c2c[nH]c(NC(=O)c3cn[nH]c3)c2)CC1. The first-order chi connectivity index (χ1) is 9.72. The Kier molecular flexibility index (Phi) is 3.56. The lowest BCUT2D eigenvalue weighted by molar-refractivity contribution is 0.102. The Hall–Kier alpha value is -2.08. The minimum atomic E-state index is -0.157. The molecule has 3 rings (SSSR count). The molecule has 0 saturated carbocycles. The minimum absolute atomic E-state index is 0.157. The fourth-order valence-corrected chi connectivity index (χ4v) is 2.63. The molecule has 1 fully saturated rings. The van der Waals surface area contributed by atoms with E-state index in [-0.39, 0.29) is 5.91 Å². The second-order valence-corrected chi connectivity index (χ2v) is 5.37. The van der Waals surface area contributed by atoms with E-state index in [1.807, 2.05) is 12.3 Å². The standard InChI is InChI=1S/C14H19N5O/c1-19-4-2-10(3-5-19)11-6-13(15-7-11)18-14(20)12-8-16-17-9-12/h6-10,15H,2-5H2,1H3,(H,16,17)(H,18,20). The smallest absolute Gasteiger partial charge is 0.259 e. The molecule has 3 N–H and O–H groups in total. The van der Waals surface area contributed by atoms with Gasteiger partial charge in [0, 0.05) is 12.4 Å². The minimum Gasteiger partial charge on any atom is -0.348 e. The molecule has 0 atom stereocenters. The summed E-state index contributed by atoms with van der Waals surface area (Å²) < 4.78 is 0. The van der Waals surface area contributed by atoms with Crippen LogP contribution in [0.3, 0.4) is 0 Å².